The summed E-state index contributed by atoms with van der Waals surface area (Å²) in [5.74, 6) is 1.49. The first-order chi connectivity index (χ1) is 13.0. The molecule has 0 bridgehead atoms. The molecule has 1 saturated heterocycles. The number of aliphatic hydroxyl groups excluding tert-OH is 1. The maximum atomic E-state index is 11.4. The minimum Gasteiger partial charge on any atom is -0.392 e. The molecule has 7 nitrogen and oxygen atoms in total. The van der Waals surface area contributed by atoms with Gasteiger partial charge in [0.1, 0.15) is 5.82 Å². The van der Waals surface area contributed by atoms with E-state index in [0.29, 0.717) is 24.3 Å². The number of carbonyl (C=O) groups is 1. The number of aromatic nitrogens is 2. The van der Waals surface area contributed by atoms with E-state index in [1.165, 1.54) is 0 Å². The molecular weight excluding hydrogens is 344 g/mol. The predicted octanol–water partition coefficient (Wildman–Crippen LogP) is 2.53. The number of hydrogen-bond acceptors (Lipinski definition) is 7. The van der Waals surface area contributed by atoms with Gasteiger partial charge in [-0.25, -0.2) is 4.98 Å². The highest BCUT2D eigenvalue weighted by atomic mass is 16.5. The van der Waals surface area contributed by atoms with Crippen LogP contribution in [-0.2, 0) is 16.1 Å². The zero-order valence-corrected chi connectivity index (χ0v) is 15.9. The summed E-state index contributed by atoms with van der Waals surface area (Å²) in [5, 5.41) is 12.5. The number of anilines is 2. The van der Waals surface area contributed by atoms with Gasteiger partial charge >= 0.3 is 0 Å². The fourth-order valence-corrected chi connectivity index (χ4v) is 3.22. The maximum absolute atomic E-state index is 11.4. The predicted molar refractivity (Wildman–Crippen MR) is 103 cm³/mol. The molecule has 1 aromatic heterocycles. The lowest BCUT2D eigenvalue weighted by Gasteiger charge is -2.29. The summed E-state index contributed by atoms with van der Waals surface area (Å²) in [6, 6.07) is 9.61. The normalized spacial score (nSPS) is 20.7. The van der Waals surface area contributed by atoms with E-state index in [1.54, 1.807) is 12.3 Å². The van der Waals surface area contributed by atoms with Crippen molar-refractivity contribution in [2.45, 2.75) is 45.7 Å². The molecule has 1 fully saturated rings. The van der Waals surface area contributed by atoms with E-state index in [2.05, 4.69) is 29.1 Å². The third-order valence-corrected chi connectivity index (χ3v) is 4.87. The number of carbonyl (C=O) groups excluding carboxylic acids is 1. The van der Waals surface area contributed by atoms with Crippen molar-refractivity contribution in [1.82, 2.24) is 9.97 Å². The van der Waals surface area contributed by atoms with Crippen LogP contribution in [0.3, 0.4) is 0 Å². The number of aldehydes is 1. The summed E-state index contributed by atoms with van der Waals surface area (Å²) in [6.07, 6.45) is 1.87. The minimum absolute atomic E-state index is 0.00872. The second kappa shape index (κ2) is 8.45. The fraction of sp³-hybridized carbons (Fsp3) is 0.450. The van der Waals surface area contributed by atoms with Crippen LogP contribution in [0.4, 0.5) is 11.8 Å². The Labute approximate surface area is 159 Å². The molecule has 27 heavy (non-hydrogen) atoms. The van der Waals surface area contributed by atoms with E-state index in [-0.39, 0.29) is 18.7 Å². The second-order valence-corrected chi connectivity index (χ2v) is 7.08. The molecule has 1 unspecified atom stereocenters. The third-order valence-electron chi connectivity index (χ3n) is 4.87. The van der Waals surface area contributed by atoms with Gasteiger partial charge in [-0.15, -0.1) is 0 Å². The molecule has 0 radical (unpaired) electrons. The molecule has 0 spiro atoms. The van der Waals surface area contributed by atoms with Crippen LogP contribution >= 0.6 is 0 Å². The first-order valence-corrected chi connectivity index (χ1v) is 9.18. The Morgan fingerprint density at radius 3 is 2.67 bits per heavy atom. The molecule has 1 aromatic carbocycles. The maximum Gasteiger partial charge on any atom is 0.225 e. The van der Waals surface area contributed by atoms with Gasteiger partial charge in [0.05, 0.1) is 25.3 Å². The molecule has 7 heteroatoms. The summed E-state index contributed by atoms with van der Waals surface area (Å²) in [7, 11) is 0. The lowest BCUT2D eigenvalue weighted by molar-refractivity contribution is -0.115. The summed E-state index contributed by atoms with van der Waals surface area (Å²) < 4.78 is 5.61. The molecule has 2 N–H and O–H groups in total. The highest BCUT2D eigenvalue weighted by Gasteiger charge is 2.37. The average molecular weight is 370 g/mol. The van der Waals surface area contributed by atoms with E-state index in [1.807, 2.05) is 36.1 Å². The van der Waals surface area contributed by atoms with E-state index < -0.39 is 6.23 Å². The van der Waals surface area contributed by atoms with Crippen molar-refractivity contribution >= 4 is 18.1 Å². The first-order valence-electron chi connectivity index (χ1n) is 9.18. The van der Waals surface area contributed by atoms with Gasteiger partial charge in [-0.05, 0) is 30.0 Å². The number of hydrogen-bond donors (Lipinski definition) is 2. The van der Waals surface area contributed by atoms with Crippen LogP contribution in [0.15, 0.2) is 36.5 Å². The van der Waals surface area contributed by atoms with Gasteiger partial charge in [-0.1, -0.05) is 38.1 Å². The van der Waals surface area contributed by atoms with Crippen molar-refractivity contribution in [2.75, 3.05) is 16.8 Å². The SMILES string of the molecule is CC(C)[C@H]1COC(C=O)N1c1ccnc(N[C@@H](C)c2ccc(CO)cc2)n1. The monoisotopic (exact) mass is 370 g/mol. The average Bonchev–Trinajstić information content (AvgIpc) is 3.12. The van der Waals surface area contributed by atoms with Gasteiger partial charge in [0.2, 0.25) is 5.95 Å². The number of aliphatic hydroxyl groups is 1. The van der Waals surface area contributed by atoms with Crippen LogP contribution in [0.25, 0.3) is 0 Å². The Hall–Kier alpha value is -2.51. The Morgan fingerprint density at radius 2 is 2.04 bits per heavy atom. The molecule has 0 aliphatic carbocycles. The van der Waals surface area contributed by atoms with Gasteiger partial charge in [-0.2, -0.15) is 4.98 Å². The molecule has 3 atom stereocenters. The molecule has 0 amide bonds. The van der Waals surface area contributed by atoms with Crippen LogP contribution in [0, 0.1) is 5.92 Å². The highest BCUT2D eigenvalue weighted by Crippen LogP contribution is 2.28. The molecule has 2 heterocycles. The number of ether oxygens (including phenoxy) is 1. The molecule has 3 rings (SSSR count). The van der Waals surface area contributed by atoms with Crippen molar-refractivity contribution in [3.8, 4) is 0 Å². The van der Waals surface area contributed by atoms with Crippen molar-refractivity contribution in [1.29, 1.82) is 0 Å². The molecule has 1 aliphatic rings. The Kier molecular flexibility index (Phi) is 6.03. The topological polar surface area (TPSA) is 87.6 Å². The fourth-order valence-electron chi connectivity index (χ4n) is 3.22. The van der Waals surface area contributed by atoms with Gasteiger partial charge in [0, 0.05) is 6.20 Å². The van der Waals surface area contributed by atoms with Crippen LogP contribution in [0.5, 0.6) is 0 Å². The molecule has 2 aromatic rings. The van der Waals surface area contributed by atoms with E-state index in [0.717, 1.165) is 17.4 Å². The van der Waals surface area contributed by atoms with E-state index in [9.17, 15) is 4.79 Å². The Balaban J connectivity index is 1.79. The standard InChI is InChI=1S/C20H26N4O3/c1-13(2)17-12-27-19(11-26)24(17)18-8-9-21-20(23-18)22-14(3)16-6-4-15(10-25)5-7-16/h4-9,11,13-14,17,19,25H,10,12H2,1-3H3,(H,21,22,23)/t14-,17+,19?/m0/s1. The lowest BCUT2D eigenvalue weighted by atomic mass is 10.0. The van der Waals surface area contributed by atoms with Gasteiger partial charge in [-0.3, -0.25) is 4.79 Å². The summed E-state index contributed by atoms with van der Waals surface area (Å²) in [4.78, 5) is 22.3. The Morgan fingerprint density at radius 1 is 1.30 bits per heavy atom. The zero-order valence-electron chi connectivity index (χ0n) is 15.9. The third kappa shape index (κ3) is 4.26. The van der Waals surface area contributed by atoms with E-state index in [4.69, 9.17) is 9.84 Å². The molecule has 1 aliphatic heterocycles. The summed E-state index contributed by atoms with van der Waals surface area (Å²) >= 11 is 0. The first kappa shape index (κ1) is 19.3. The smallest absolute Gasteiger partial charge is 0.225 e. The van der Waals surface area contributed by atoms with Crippen molar-refractivity contribution in [2.24, 2.45) is 5.92 Å². The minimum atomic E-state index is -0.622. The molecular formula is C20H26N4O3. The Bertz CT molecular complexity index is 766. The number of nitrogens with one attached hydrogen (secondary N) is 1. The highest BCUT2D eigenvalue weighted by molar-refractivity contribution is 5.64. The second-order valence-electron chi connectivity index (χ2n) is 7.08. The van der Waals surface area contributed by atoms with Crippen LogP contribution in [0.2, 0.25) is 0 Å². The van der Waals surface area contributed by atoms with E-state index >= 15 is 0 Å². The van der Waals surface area contributed by atoms with Crippen molar-refractivity contribution in [3.05, 3.63) is 47.7 Å². The molecule has 144 valence electrons. The van der Waals surface area contributed by atoms with Crippen LogP contribution in [0.1, 0.15) is 37.9 Å². The summed E-state index contributed by atoms with van der Waals surface area (Å²) in [6.45, 7) is 6.76. The number of rotatable bonds is 7. The van der Waals surface area contributed by atoms with Crippen molar-refractivity contribution in [3.63, 3.8) is 0 Å². The summed E-state index contributed by atoms with van der Waals surface area (Å²) in [5.41, 5.74) is 1.94. The quantitative estimate of drug-likeness (QED) is 0.724. The zero-order chi connectivity index (χ0) is 19.4. The number of benzene rings is 1. The largest absolute Gasteiger partial charge is 0.392 e. The van der Waals surface area contributed by atoms with Gasteiger partial charge in [0.15, 0.2) is 12.5 Å². The molecule has 0 saturated carbocycles. The van der Waals surface area contributed by atoms with Gasteiger partial charge in [0.25, 0.3) is 0 Å². The van der Waals surface area contributed by atoms with Gasteiger partial charge < -0.3 is 20.1 Å². The van der Waals surface area contributed by atoms with Crippen LogP contribution in [-0.4, -0.2) is 40.2 Å². The number of nitrogens with zero attached hydrogens (tertiary/aromatic N) is 3. The lowest BCUT2D eigenvalue weighted by Crippen LogP contribution is -2.41. The van der Waals surface area contributed by atoms with Crippen LogP contribution < -0.4 is 10.2 Å². The van der Waals surface area contributed by atoms with Crippen molar-refractivity contribution < 1.29 is 14.6 Å².